The van der Waals surface area contributed by atoms with Crippen LogP contribution in [0, 0.1) is 10.8 Å². The normalized spacial score (nSPS) is 24.0. The molecule has 5 heterocycles. The number of aromatic nitrogens is 2. The highest BCUT2D eigenvalue weighted by Gasteiger charge is 2.56. The van der Waals surface area contributed by atoms with Gasteiger partial charge >= 0.3 is 12.2 Å². The average molecular weight is 908 g/mol. The predicted molar refractivity (Wildman–Crippen MR) is 239 cm³/mol. The van der Waals surface area contributed by atoms with Crippen molar-refractivity contribution >= 4 is 64.2 Å². The Balaban J connectivity index is 1.40. The summed E-state index contributed by atoms with van der Waals surface area (Å²) in [6, 6.07) is 5.32. The summed E-state index contributed by atoms with van der Waals surface area (Å²) in [6.07, 6.45) is -0.124. The van der Waals surface area contributed by atoms with E-state index in [-0.39, 0.29) is 43.4 Å². The summed E-state index contributed by atoms with van der Waals surface area (Å²) in [7, 11) is 0. The SMILES string of the molecule is CC(C)(C)c1ccc(N2[C@H](c3csc([C@@]4(C(N)=O)CCCN4C(=O)[C@@H](NC(=O)O)C(C)(C)C)n3)CC[C@H]2c2csc([C@@]3(C(N)=O)CCCN3C(=O)[C@@H](NC(=O)O)C(C)(C)C)n2)cc1. The third-order valence-corrected chi connectivity index (χ3v) is 14.7. The van der Waals surface area contributed by atoms with Gasteiger partial charge in [0.2, 0.25) is 11.8 Å². The molecule has 3 aliphatic heterocycles. The molecular formula is C44H61N9O8S2. The van der Waals surface area contributed by atoms with Gasteiger partial charge in [0.25, 0.3) is 11.8 Å². The van der Waals surface area contributed by atoms with Crippen LogP contribution >= 0.6 is 22.7 Å². The van der Waals surface area contributed by atoms with Gasteiger partial charge < -0.3 is 47.0 Å². The Morgan fingerprint density at radius 1 is 0.683 bits per heavy atom. The van der Waals surface area contributed by atoms with Crippen molar-refractivity contribution in [3.05, 3.63) is 62.0 Å². The summed E-state index contributed by atoms with van der Waals surface area (Å²) in [5.74, 6) is -2.60. The zero-order valence-electron chi connectivity index (χ0n) is 37.5. The van der Waals surface area contributed by atoms with E-state index in [1.165, 1.54) is 32.5 Å². The molecule has 6 amide bonds. The maximum absolute atomic E-state index is 14.2. The summed E-state index contributed by atoms with van der Waals surface area (Å²) in [5, 5.41) is 28.5. The van der Waals surface area contributed by atoms with Crippen LogP contribution in [0.1, 0.15) is 140 Å². The van der Waals surface area contributed by atoms with Crippen LogP contribution in [0.2, 0.25) is 0 Å². The quantitative estimate of drug-likeness (QED) is 0.131. The molecule has 3 saturated heterocycles. The molecule has 3 aliphatic rings. The Hall–Kier alpha value is -5.30. The van der Waals surface area contributed by atoms with Crippen molar-refractivity contribution in [2.45, 2.75) is 141 Å². The van der Waals surface area contributed by atoms with Gasteiger partial charge in [-0.15, -0.1) is 22.7 Å². The smallest absolute Gasteiger partial charge is 0.405 e. The average Bonchev–Trinajstić information content (AvgIpc) is 4.02. The Labute approximate surface area is 376 Å². The first-order valence-electron chi connectivity index (χ1n) is 21.3. The van der Waals surface area contributed by atoms with Crippen LogP contribution in [0.5, 0.6) is 0 Å². The number of anilines is 1. The summed E-state index contributed by atoms with van der Waals surface area (Å²) < 4.78 is 0. The molecule has 6 rings (SSSR count). The number of hydrogen-bond acceptors (Lipinski definition) is 11. The van der Waals surface area contributed by atoms with E-state index in [2.05, 4.69) is 60.6 Å². The van der Waals surface area contributed by atoms with Gasteiger partial charge in [-0.2, -0.15) is 0 Å². The molecule has 6 atom stereocenters. The molecule has 8 N–H and O–H groups in total. The highest BCUT2D eigenvalue weighted by atomic mass is 32.1. The van der Waals surface area contributed by atoms with E-state index in [1.54, 1.807) is 41.5 Å². The number of nitrogens with two attached hydrogens (primary N) is 2. The number of carbonyl (C=O) groups excluding carboxylic acids is 4. The fourth-order valence-corrected chi connectivity index (χ4v) is 11.6. The minimum absolute atomic E-state index is 0.116. The third kappa shape index (κ3) is 8.69. The molecule has 0 unspecified atom stereocenters. The molecule has 0 saturated carbocycles. The Kier molecular flexibility index (Phi) is 12.7. The molecule has 2 aromatic heterocycles. The van der Waals surface area contributed by atoms with E-state index in [1.807, 2.05) is 10.8 Å². The van der Waals surface area contributed by atoms with Gasteiger partial charge in [-0.05, 0) is 72.5 Å². The molecule has 1 aromatic carbocycles. The molecule has 0 bridgehead atoms. The second-order valence-corrected chi connectivity index (χ2v) is 21.8. The van der Waals surface area contributed by atoms with Crippen LogP contribution in [0.3, 0.4) is 0 Å². The van der Waals surface area contributed by atoms with Crippen molar-refractivity contribution in [1.29, 1.82) is 0 Å². The highest BCUT2D eigenvalue weighted by molar-refractivity contribution is 7.10. The van der Waals surface area contributed by atoms with Crippen molar-refractivity contribution in [2.75, 3.05) is 18.0 Å². The van der Waals surface area contributed by atoms with Crippen molar-refractivity contribution in [2.24, 2.45) is 22.3 Å². The van der Waals surface area contributed by atoms with E-state index >= 15 is 0 Å². The first kappa shape index (κ1) is 47.2. The zero-order chi connectivity index (χ0) is 46.6. The van der Waals surface area contributed by atoms with Crippen molar-refractivity contribution < 1.29 is 39.0 Å². The Bertz CT molecular complexity index is 2130. The van der Waals surface area contributed by atoms with Gasteiger partial charge in [0, 0.05) is 29.5 Å². The summed E-state index contributed by atoms with van der Waals surface area (Å²) in [4.78, 5) is 94.6. The summed E-state index contributed by atoms with van der Waals surface area (Å²) >= 11 is 2.47. The zero-order valence-corrected chi connectivity index (χ0v) is 39.1. The van der Waals surface area contributed by atoms with Crippen molar-refractivity contribution in [1.82, 2.24) is 30.4 Å². The number of nitrogens with zero attached hydrogens (tertiary/aromatic N) is 5. The number of carbonyl (C=O) groups is 6. The fraction of sp³-hybridized carbons (Fsp3) is 0.591. The number of nitrogens with one attached hydrogen (secondary N) is 2. The van der Waals surface area contributed by atoms with Gasteiger partial charge in [-0.25, -0.2) is 19.6 Å². The van der Waals surface area contributed by atoms with E-state index in [4.69, 9.17) is 21.4 Å². The van der Waals surface area contributed by atoms with E-state index in [0.29, 0.717) is 47.1 Å². The standard InChI is InChI=1S/C44H61N9O8S2/c1-40(2,3)24-12-14-25(15-13-24)53-28(26-22-62-36(47-26)43(34(45)56)18-10-20-51(43)32(54)30(41(4,5)6)49-38(58)59)16-17-29(53)27-23-63-37(48-27)44(35(46)57)19-11-21-52(44)33(55)31(42(7,8)9)50-39(60)61/h12-15,22-23,28-31,49-50H,10-11,16-21H2,1-9H3,(H2,45,56)(H2,46,57)(H,58,59)(H,60,61)/t28-,29-,30+,31+,43-,44-/m0/s1. The van der Waals surface area contributed by atoms with Crippen molar-refractivity contribution in [3.63, 3.8) is 0 Å². The molecular weight excluding hydrogens is 847 g/mol. The Morgan fingerprint density at radius 2 is 1.06 bits per heavy atom. The number of carboxylic acid groups (broad SMARTS) is 2. The van der Waals surface area contributed by atoms with E-state index in [9.17, 15) is 39.0 Å². The minimum atomic E-state index is -1.59. The number of benzene rings is 1. The van der Waals surface area contributed by atoms with E-state index < -0.39 is 69.8 Å². The number of hydrogen-bond donors (Lipinski definition) is 6. The lowest BCUT2D eigenvalue weighted by Crippen LogP contribution is -2.61. The number of amides is 6. The molecule has 342 valence electrons. The van der Waals surface area contributed by atoms with Crippen LogP contribution in [0.25, 0.3) is 0 Å². The number of thiazole rings is 2. The van der Waals surface area contributed by atoms with Crippen LogP contribution < -0.4 is 27.0 Å². The molecule has 63 heavy (non-hydrogen) atoms. The minimum Gasteiger partial charge on any atom is -0.465 e. The van der Waals surface area contributed by atoms with Crippen molar-refractivity contribution in [3.8, 4) is 0 Å². The third-order valence-electron chi connectivity index (χ3n) is 12.7. The molecule has 3 fully saturated rings. The van der Waals surface area contributed by atoms with Crippen LogP contribution in [0.4, 0.5) is 15.3 Å². The number of likely N-dealkylation sites (tertiary alicyclic amines) is 2. The predicted octanol–water partition coefficient (Wildman–Crippen LogP) is 5.95. The second kappa shape index (κ2) is 17.0. The molecule has 3 aromatic rings. The topological polar surface area (TPSA) is 254 Å². The molecule has 0 radical (unpaired) electrons. The molecule has 17 nitrogen and oxygen atoms in total. The lowest BCUT2D eigenvalue weighted by Gasteiger charge is -2.39. The van der Waals surface area contributed by atoms with Gasteiger partial charge in [-0.3, -0.25) is 19.2 Å². The maximum atomic E-state index is 14.2. The summed E-state index contributed by atoms with van der Waals surface area (Å²) in [5.41, 5.74) is 10.8. The molecule has 0 aliphatic carbocycles. The summed E-state index contributed by atoms with van der Waals surface area (Å²) in [6.45, 7) is 17.3. The van der Waals surface area contributed by atoms with E-state index in [0.717, 1.165) is 11.3 Å². The van der Waals surface area contributed by atoms with Gasteiger partial charge in [0.15, 0.2) is 11.1 Å². The largest absolute Gasteiger partial charge is 0.465 e. The lowest BCUT2D eigenvalue weighted by atomic mass is 9.84. The molecule has 19 heteroatoms. The van der Waals surface area contributed by atoms with Gasteiger partial charge in [0.1, 0.15) is 22.1 Å². The lowest BCUT2D eigenvalue weighted by molar-refractivity contribution is -0.147. The number of primary amides is 2. The Morgan fingerprint density at radius 3 is 1.38 bits per heavy atom. The van der Waals surface area contributed by atoms with Gasteiger partial charge in [-0.1, -0.05) is 74.4 Å². The monoisotopic (exact) mass is 907 g/mol. The van der Waals surface area contributed by atoms with Crippen LogP contribution in [0.15, 0.2) is 35.0 Å². The first-order chi connectivity index (χ1) is 29.2. The molecule has 0 spiro atoms. The second-order valence-electron chi connectivity index (χ2n) is 20.1. The van der Waals surface area contributed by atoms with Crippen LogP contribution in [-0.2, 0) is 35.7 Å². The fourth-order valence-electron chi connectivity index (χ4n) is 9.40. The number of rotatable bonds is 11. The highest BCUT2D eigenvalue weighted by Crippen LogP contribution is 2.51. The first-order valence-corrected chi connectivity index (χ1v) is 23.0. The van der Waals surface area contributed by atoms with Crippen LogP contribution in [-0.4, -0.2) is 91.0 Å². The van der Waals surface area contributed by atoms with Gasteiger partial charge in [0.05, 0.1) is 23.5 Å². The maximum Gasteiger partial charge on any atom is 0.405 e.